The van der Waals surface area contributed by atoms with Gasteiger partial charge in [-0.15, -0.1) is 0 Å². The lowest BCUT2D eigenvalue weighted by atomic mass is 10.1. The molecule has 118 valence electrons. The standard InChI is InChI=1S/C19H30O2/c1-3-4-5-6-7-8-9-10-11-12-13-14-15-16-17-18-19(20)21-2/h11-18H,3-10H2,1-2H3/b12-11+,14-13+,16-15+,18-17+. The lowest BCUT2D eigenvalue weighted by Gasteiger charge is -1.98. The monoisotopic (exact) mass is 290 g/mol. The fourth-order valence-electron chi connectivity index (χ4n) is 1.85. The molecular formula is C19H30O2. The molecule has 0 rings (SSSR count). The molecule has 0 N–H and O–H groups in total. The van der Waals surface area contributed by atoms with E-state index in [9.17, 15) is 4.79 Å². The molecule has 0 aliphatic carbocycles. The van der Waals surface area contributed by atoms with Crippen molar-refractivity contribution in [2.45, 2.75) is 58.3 Å². The van der Waals surface area contributed by atoms with Crippen LogP contribution in [-0.2, 0) is 9.53 Å². The molecule has 0 aromatic rings. The molecule has 0 fully saturated rings. The van der Waals surface area contributed by atoms with E-state index in [1.807, 2.05) is 18.2 Å². The molecule has 0 aromatic carbocycles. The average Bonchev–Trinajstić information content (AvgIpc) is 2.50. The molecule has 0 aromatic heterocycles. The van der Waals surface area contributed by atoms with E-state index in [4.69, 9.17) is 0 Å². The molecular weight excluding hydrogens is 260 g/mol. The van der Waals surface area contributed by atoms with Gasteiger partial charge in [0, 0.05) is 6.08 Å². The van der Waals surface area contributed by atoms with Crippen LogP contribution in [0.5, 0.6) is 0 Å². The van der Waals surface area contributed by atoms with E-state index in [2.05, 4.69) is 23.8 Å². The van der Waals surface area contributed by atoms with Gasteiger partial charge in [-0.2, -0.15) is 0 Å². The predicted octanol–water partition coefficient (Wildman–Crippen LogP) is 5.52. The zero-order valence-corrected chi connectivity index (χ0v) is 13.6. The highest BCUT2D eigenvalue weighted by Gasteiger charge is 1.88. The lowest BCUT2D eigenvalue weighted by molar-refractivity contribution is -0.134. The second kappa shape index (κ2) is 16.5. The lowest BCUT2D eigenvalue weighted by Crippen LogP contribution is -1.92. The fraction of sp³-hybridized carbons (Fsp3) is 0.526. The summed E-state index contributed by atoms with van der Waals surface area (Å²) in [6.45, 7) is 2.25. The Morgan fingerprint density at radius 3 is 2.05 bits per heavy atom. The number of methoxy groups -OCH3 is 1. The maximum Gasteiger partial charge on any atom is 0.330 e. The van der Waals surface area contributed by atoms with Crippen LogP contribution < -0.4 is 0 Å². The molecule has 0 saturated carbocycles. The van der Waals surface area contributed by atoms with Crippen molar-refractivity contribution in [3.63, 3.8) is 0 Å². The minimum atomic E-state index is -0.335. The Morgan fingerprint density at radius 1 is 0.810 bits per heavy atom. The van der Waals surface area contributed by atoms with Crippen LogP contribution in [0, 0.1) is 0 Å². The first-order chi connectivity index (χ1) is 10.3. The maximum absolute atomic E-state index is 10.8. The van der Waals surface area contributed by atoms with Crippen molar-refractivity contribution in [2.75, 3.05) is 7.11 Å². The molecule has 0 radical (unpaired) electrons. The van der Waals surface area contributed by atoms with E-state index >= 15 is 0 Å². The molecule has 2 nitrogen and oxygen atoms in total. The second-order valence-corrected chi connectivity index (χ2v) is 4.99. The Balaban J connectivity index is 3.46. The van der Waals surface area contributed by atoms with Crippen LogP contribution in [0.2, 0.25) is 0 Å². The Morgan fingerprint density at radius 2 is 1.38 bits per heavy atom. The van der Waals surface area contributed by atoms with Crippen molar-refractivity contribution in [1.82, 2.24) is 0 Å². The molecule has 0 aliphatic heterocycles. The smallest absolute Gasteiger partial charge is 0.330 e. The Labute approximate surface area is 130 Å². The number of ether oxygens (including phenoxy) is 1. The molecule has 0 bridgehead atoms. The first-order valence-electron chi connectivity index (χ1n) is 8.05. The van der Waals surface area contributed by atoms with Crippen LogP contribution in [-0.4, -0.2) is 13.1 Å². The molecule has 0 atom stereocenters. The number of carbonyl (C=O) groups excluding carboxylic acids is 1. The minimum Gasteiger partial charge on any atom is -0.466 e. The Bertz CT molecular complexity index is 349. The third kappa shape index (κ3) is 16.4. The van der Waals surface area contributed by atoms with Gasteiger partial charge < -0.3 is 4.74 Å². The van der Waals surface area contributed by atoms with Gasteiger partial charge in [-0.25, -0.2) is 4.79 Å². The molecule has 0 spiro atoms. The summed E-state index contributed by atoms with van der Waals surface area (Å²) in [4.78, 5) is 10.8. The largest absolute Gasteiger partial charge is 0.466 e. The number of hydrogen-bond acceptors (Lipinski definition) is 2. The highest BCUT2D eigenvalue weighted by molar-refractivity contribution is 5.82. The topological polar surface area (TPSA) is 26.3 Å². The Hall–Kier alpha value is -1.57. The van der Waals surface area contributed by atoms with Crippen LogP contribution >= 0.6 is 0 Å². The van der Waals surface area contributed by atoms with E-state index in [1.165, 1.54) is 58.1 Å². The summed E-state index contributed by atoms with van der Waals surface area (Å²) in [6.07, 6.45) is 25.6. The first-order valence-corrected chi connectivity index (χ1v) is 8.05. The fourth-order valence-corrected chi connectivity index (χ4v) is 1.85. The molecule has 0 amide bonds. The first kappa shape index (κ1) is 19.4. The van der Waals surface area contributed by atoms with E-state index in [-0.39, 0.29) is 5.97 Å². The van der Waals surface area contributed by atoms with Crippen LogP contribution in [0.4, 0.5) is 0 Å². The summed E-state index contributed by atoms with van der Waals surface area (Å²) in [5.41, 5.74) is 0. The predicted molar refractivity (Wildman–Crippen MR) is 91.2 cm³/mol. The van der Waals surface area contributed by atoms with E-state index in [0.29, 0.717) is 0 Å². The van der Waals surface area contributed by atoms with Gasteiger partial charge in [-0.3, -0.25) is 0 Å². The quantitative estimate of drug-likeness (QED) is 0.204. The minimum absolute atomic E-state index is 0.335. The van der Waals surface area contributed by atoms with Gasteiger partial charge in [0.25, 0.3) is 0 Å². The summed E-state index contributed by atoms with van der Waals surface area (Å²) in [6, 6.07) is 0. The van der Waals surface area contributed by atoms with Crippen LogP contribution in [0.15, 0.2) is 48.6 Å². The number of unbranched alkanes of at least 4 members (excludes halogenated alkanes) is 7. The number of allylic oxidation sites excluding steroid dienone is 7. The molecule has 0 saturated heterocycles. The summed E-state index contributed by atoms with van der Waals surface area (Å²) < 4.78 is 4.48. The van der Waals surface area contributed by atoms with Crippen molar-refractivity contribution in [3.8, 4) is 0 Å². The molecule has 21 heavy (non-hydrogen) atoms. The SMILES string of the molecule is CCCCCCCCC/C=C/C=C/C=C/C=C/C(=O)OC. The van der Waals surface area contributed by atoms with E-state index in [0.717, 1.165) is 6.42 Å². The summed E-state index contributed by atoms with van der Waals surface area (Å²) in [5, 5.41) is 0. The van der Waals surface area contributed by atoms with Gasteiger partial charge in [0.2, 0.25) is 0 Å². The van der Waals surface area contributed by atoms with Crippen molar-refractivity contribution in [3.05, 3.63) is 48.6 Å². The van der Waals surface area contributed by atoms with Gasteiger partial charge in [0.1, 0.15) is 0 Å². The van der Waals surface area contributed by atoms with Crippen LogP contribution in [0.3, 0.4) is 0 Å². The number of hydrogen-bond donors (Lipinski definition) is 0. The molecule has 0 unspecified atom stereocenters. The highest BCUT2D eigenvalue weighted by Crippen LogP contribution is 2.08. The maximum atomic E-state index is 10.8. The number of esters is 1. The van der Waals surface area contributed by atoms with Crippen LogP contribution in [0.1, 0.15) is 58.3 Å². The Kier molecular flexibility index (Phi) is 15.3. The van der Waals surface area contributed by atoms with Gasteiger partial charge in [-0.05, 0) is 12.8 Å². The molecule has 2 heteroatoms. The van der Waals surface area contributed by atoms with Gasteiger partial charge in [0.05, 0.1) is 7.11 Å². The molecule has 0 heterocycles. The zero-order chi connectivity index (χ0) is 15.6. The van der Waals surface area contributed by atoms with E-state index < -0.39 is 0 Å². The second-order valence-electron chi connectivity index (χ2n) is 4.99. The zero-order valence-electron chi connectivity index (χ0n) is 13.6. The summed E-state index contributed by atoms with van der Waals surface area (Å²) in [5.74, 6) is -0.335. The molecule has 0 aliphatic rings. The number of carbonyl (C=O) groups is 1. The van der Waals surface area contributed by atoms with Crippen molar-refractivity contribution in [2.24, 2.45) is 0 Å². The van der Waals surface area contributed by atoms with Gasteiger partial charge in [-0.1, -0.05) is 88.0 Å². The third-order valence-electron chi connectivity index (χ3n) is 3.10. The van der Waals surface area contributed by atoms with Crippen molar-refractivity contribution >= 4 is 5.97 Å². The van der Waals surface area contributed by atoms with Crippen molar-refractivity contribution < 1.29 is 9.53 Å². The highest BCUT2D eigenvalue weighted by atomic mass is 16.5. The number of rotatable bonds is 12. The van der Waals surface area contributed by atoms with Crippen molar-refractivity contribution in [1.29, 1.82) is 0 Å². The van der Waals surface area contributed by atoms with Crippen LogP contribution in [0.25, 0.3) is 0 Å². The third-order valence-corrected chi connectivity index (χ3v) is 3.10. The van der Waals surface area contributed by atoms with E-state index in [1.54, 1.807) is 12.2 Å². The summed E-state index contributed by atoms with van der Waals surface area (Å²) >= 11 is 0. The van der Waals surface area contributed by atoms with Gasteiger partial charge in [0.15, 0.2) is 0 Å². The average molecular weight is 290 g/mol. The van der Waals surface area contributed by atoms with Gasteiger partial charge >= 0.3 is 5.97 Å². The normalized spacial score (nSPS) is 12.3. The summed E-state index contributed by atoms with van der Waals surface area (Å²) in [7, 11) is 1.37.